The Labute approximate surface area is 156 Å². The average molecular weight is 366 g/mol. The lowest BCUT2D eigenvalue weighted by Crippen LogP contribution is -2.33. The molecule has 27 heavy (non-hydrogen) atoms. The number of hydrogen-bond acceptors (Lipinski definition) is 6. The van der Waals surface area contributed by atoms with Crippen LogP contribution in [0.1, 0.15) is 18.1 Å². The molecule has 1 unspecified atom stereocenters. The zero-order valence-corrected chi connectivity index (χ0v) is 15.0. The predicted octanol–water partition coefficient (Wildman–Crippen LogP) is 3.21. The highest BCUT2D eigenvalue weighted by molar-refractivity contribution is 6.24. The van der Waals surface area contributed by atoms with Crippen LogP contribution in [0.25, 0.3) is 5.57 Å². The topological polar surface area (TPSA) is 71.1 Å². The van der Waals surface area contributed by atoms with E-state index in [1.54, 1.807) is 25.1 Å². The van der Waals surface area contributed by atoms with Crippen LogP contribution in [0.15, 0.2) is 54.1 Å². The summed E-state index contributed by atoms with van der Waals surface area (Å²) >= 11 is 0. The quantitative estimate of drug-likeness (QED) is 0.611. The molecule has 6 heteroatoms. The van der Waals surface area contributed by atoms with E-state index in [9.17, 15) is 9.59 Å². The van der Waals surface area contributed by atoms with E-state index >= 15 is 0 Å². The Balaban J connectivity index is 2.10. The summed E-state index contributed by atoms with van der Waals surface area (Å²) in [6.07, 6.45) is 0. The van der Waals surface area contributed by atoms with Gasteiger partial charge in [0.2, 0.25) is 0 Å². The van der Waals surface area contributed by atoms with Crippen molar-refractivity contribution in [2.24, 2.45) is 0 Å². The molecule has 2 aliphatic heterocycles. The second-order valence-electron chi connectivity index (χ2n) is 6.21. The molecule has 1 atom stereocenters. The molecule has 0 N–H and O–H groups in total. The fourth-order valence-electron chi connectivity index (χ4n) is 3.65. The second kappa shape index (κ2) is 6.55. The molecule has 2 aliphatic rings. The van der Waals surface area contributed by atoms with Gasteiger partial charge in [0.1, 0.15) is 11.5 Å². The molecule has 6 nitrogen and oxygen atoms in total. The number of rotatable bonds is 4. The molecule has 2 aromatic rings. The van der Waals surface area contributed by atoms with Crippen LogP contribution in [0.4, 0.5) is 0 Å². The summed E-state index contributed by atoms with van der Waals surface area (Å²) in [4.78, 5) is 25.4. The Bertz CT molecular complexity index is 961. The van der Waals surface area contributed by atoms with Gasteiger partial charge in [0.05, 0.1) is 13.2 Å². The molecular formula is C21H18O6. The highest BCUT2D eigenvalue weighted by Gasteiger charge is 2.55. The van der Waals surface area contributed by atoms with E-state index in [2.05, 4.69) is 0 Å². The molecule has 0 aromatic heterocycles. The van der Waals surface area contributed by atoms with Gasteiger partial charge in [0, 0.05) is 23.8 Å². The maximum absolute atomic E-state index is 12.8. The van der Waals surface area contributed by atoms with Crippen molar-refractivity contribution in [1.29, 1.82) is 0 Å². The Morgan fingerprint density at radius 3 is 2.52 bits per heavy atom. The maximum Gasteiger partial charge on any atom is 0.347 e. The number of carbonyl (C=O) groups excluding carboxylic acids is 2. The first-order valence-corrected chi connectivity index (χ1v) is 8.63. The van der Waals surface area contributed by atoms with Crippen molar-refractivity contribution in [3.05, 3.63) is 65.2 Å². The third-order valence-corrected chi connectivity index (χ3v) is 4.65. The van der Waals surface area contributed by atoms with Crippen LogP contribution in [0.2, 0.25) is 0 Å². The van der Waals surface area contributed by atoms with Gasteiger partial charge in [0.15, 0.2) is 11.2 Å². The standard InChI is InChI=1S/C21H18O6/c1-3-25-19(22)17-18-13-8-4-6-10-15(13)26-16-11-7-5-9-14(16)21(18,12-24-2)27-20(17)23/h4-11H,3,12H2,1-2H3. The first-order chi connectivity index (χ1) is 13.1. The summed E-state index contributed by atoms with van der Waals surface area (Å²) in [7, 11) is 1.52. The van der Waals surface area contributed by atoms with Crippen molar-refractivity contribution in [3.63, 3.8) is 0 Å². The average Bonchev–Trinajstić information content (AvgIpc) is 2.90. The molecule has 2 aromatic carbocycles. The molecule has 0 spiro atoms. The van der Waals surface area contributed by atoms with Crippen molar-refractivity contribution in [2.75, 3.05) is 20.3 Å². The Morgan fingerprint density at radius 2 is 1.78 bits per heavy atom. The van der Waals surface area contributed by atoms with E-state index in [0.717, 1.165) is 0 Å². The van der Waals surface area contributed by atoms with Crippen LogP contribution in [-0.4, -0.2) is 32.3 Å². The molecule has 0 amide bonds. The van der Waals surface area contributed by atoms with Gasteiger partial charge in [-0.3, -0.25) is 0 Å². The van der Waals surface area contributed by atoms with Gasteiger partial charge < -0.3 is 18.9 Å². The van der Waals surface area contributed by atoms with Gasteiger partial charge in [-0.25, -0.2) is 9.59 Å². The van der Waals surface area contributed by atoms with Gasteiger partial charge in [0.25, 0.3) is 0 Å². The van der Waals surface area contributed by atoms with Crippen molar-refractivity contribution >= 4 is 17.5 Å². The molecule has 138 valence electrons. The number of hydrogen-bond donors (Lipinski definition) is 0. The van der Waals surface area contributed by atoms with Crippen LogP contribution in [0.3, 0.4) is 0 Å². The molecule has 0 saturated heterocycles. The van der Waals surface area contributed by atoms with Gasteiger partial charge in [-0.1, -0.05) is 36.4 Å². The lowest BCUT2D eigenvalue weighted by molar-refractivity contribution is -0.153. The number of benzene rings is 2. The van der Waals surface area contributed by atoms with Crippen LogP contribution in [0, 0.1) is 0 Å². The SMILES string of the molecule is CCOC(=O)C1=C2c3ccccc3Oc3ccccc3C2(COC)OC1=O. The third kappa shape index (κ3) is 2.52. The van der Waals surface area contributed by atoms with Crippen molar-refractivity contribution in [2.45, 2.75) is 12.5 Å². The van der Waals surface area contributed by atoms with Crippen LogP contribution in [0.5, 0.6) is 11.5 Å². The van der Waals surface area contributed by atoms with Gasteiger partial charge >= 0.3 is 11.9 Å². The minimum absolute atomic E-state index is 0.0334. The number of esters is 2. The van der Waals surface area contributed by atoms with Crippen LogP contribution < -0.4 is 4.74 Å². The number of para-hydroxylation sites is 2. The van der Waals surface area contributed by atoms with E-state index in [0.29, 0.717) is 28.2 Å². The predicted molar refractivity (Wildman–Crippen MR) is 96.2 cm³/mol. The highest BCUT2D eigenvalue weighted by Crippen LogP contribution is 2.54. The van der Waals surface area contributed by atoms with E-state index in [4.69, 9.17) is 18.9 Å². The summed E-state index contributed by atoms with van der Waals surface area (Å²) in [6, 6.07) is 14.5. The molecule has 0 saturated carbocycles. The minimum Gasteiger partial charge on any atom is -0.462 e. The number of ether oxygens (including phenoxy) is 4. The number of methoxy groups -OCH3 is 1. The summed E-state index contributed by atoms with van der Waals surface area (Å²) in [6.45, 7) is 1.87. The van der Waals surface area contributed by atoms with Crippen molar-refractivity contribution < 1.29 is 28.5 Å². The van der Waals surface area contributed by atoms with Gasteiger partial charge in [-0.2, -0.15) is 0 Å². The fourth-order valence-corrected chi connectivity index (χ4v) is 3.65. The Morgan fingerprint density at radius 1 is 1.07 bits per heavy atom. The summed E-state index contributed by atoms with van der Waals surface area (Å²) in [5.74, 6) is -0.385. The number of fused-ring (bicyclic) bond motifs is 5. The monoisotopic (exact) mass is 366 g/mol. The normalized spacial score (nSPS) is 20.0. The zero-order chi connectivity index (χ0) is 19.0. The molecule has 0 bridgehead atoms. The molecule has 4 rings (SSSR count). The molecule has 0 aliphatic carbocycles. The minimum atomic E-state index is -1.29. The Kier molecular flexibility index (Phi) is 4.20. The van der Waals surface area contributed by atoms with Crippen LogP contribution in [-0.2, 0) is 29.4 Å². The Hall–Kier alpha value is -3.12. The van der Waals surface area contributed by atoms with Crippen LogP contribution >= 0.6 is 0 Å². The van der Waals surface area contributed by atoms with E-state index in [-0.39, 0.29) is 18.8 Å². The fraction of sp³-hybridized carbons (Fsp3) is 0.238. The van der Waals surface area contributed by atoms with Gasteiger partial charge in [-0.15, -0.1) is 0 Å². The molecule has 0 radical (unpaired) electrons. The first kappa shape index (κ1) is 17.3. The lowest BCUT2D eigenvalue weighted by Gasteiger charge is -2.30. The molecular weight excluding hydrogens is 348 g/mol. The van der Waals surface area contributed by atoms with Gasteiger partial charge in [-0.05, 0) is 19.1 Å². The van der Waals surface area contributed by atoms with Crippen molar-refractivity contribution in [1.82, 2.24) is 0 Å². The zero-order valence-electron chi connectivity index (χ0n) is 15.0. The van der Waals surface area contributed by atoms with E-state index in [1.807, 2.05) is 30.3 Å². The summed E-state index contributed by atoms with van der Waals surface area (Å²) in [5, 5.41) is 0. The maximum atomic E-state index is 12.8. The third-order valence-electron chi connectivity index (χ3n) is 4.65. The highest BCUT2D eigenvalue weighted by atomic mass is 16.6. The lowest BCUT2D eigenvalue weighted by atomic mass is 9.81. The van der Waals surface area contributed by atoms with E-state index in [1.165, 1.54) is 7.11 Å². The summed E-state index contributed by atoms with van der Waals surface area (Å²) < 4.78 is 22.5. The first-order valence-electron chi connectivity index (χ1n) is 8.63. The largest absolute Gasteiger partial charge is 0.462 e. The van der Waals surface area contributed by atoms with E-state index < -0.39 is 17.5 Å². The molecule has 2 heterocycles. The van der Waals surface area contributed by atoms with Crippen molar-refractivity contribution in [3.8, 4) is 11.5 Å². The smallest absolute Gasteiger partial charge is 0.347 e. The second-order valence-corrected chi connectivity index (χ2v) is 6.21. The molecule has 0 fully saturated rings. The summed E-state index contributed by atoms with van der Waals surface area (Å²) in [5.41, 5.74) is 0.206. The number of carbonyl (C=O) groups is 2.